The number of fused-ring (bicyclic) bond motifs is 5. The highest BCUT2D eigenvalue weighted by Crippen LogP contribution is 2.68. The Morgan fingerprint density at radius 2 is 1.71 bits per heavy atom. The van der Waals surface area contributed by atoms with Gasteiger partial charge < -0.3 is 15.5 Å². The van der Waals surface area contributed by atoms with Crippen LogP contribution in [0.2, 0.25) is 0 Å². The maximum atomic E-state index is 12.9. The zero-order valence-corrected chi connectivity index (χ0v) is 24.5. The molecule has 0 aromatic heterocycles. The molecule has 0 aliphatic heterocycles. The molecule has 5 aliphatic rings. The van der Waals surface area contributed by atoms with Gasteiger partial charge in [0.2, 0.25) is 5.91 Å². The van der Waals surface area contributed by atoms with E-state index in [2.05, 4.69) is 26.1 Å². The lowest BCUT2D eigenvalue weighted by Gasteiger charge is -2.62. The summed E-state index contributed by atoms with van der Waals surface area (Å²) in [5, 5.41) is 24.1. The SMILES string of the molecule is C[C@H](CCC(=O)N[C@H]1CCCC[C@H]1S(=O)(=O)O)[C@H]1CC[C@H]2[C@@H]3CC[C@@H]4C[C@H](O)CC[C@]4(C)[C@H]3C[C@H](O)[C@]12C. The van der Waals surface area contributed by atoms with Crippen LogP contribution in [0, 0.1) is 46.3 Å². The molecule has 0 bridgehead atoms. The van der Waals surface area contributed by atoms with Crippen LogP contribution in [0.1, 0.15) is 111 Å². The maximum Gasteiger partial charge on any atom is 0.269 e. The number of hydrogen-bond donors (Lipinski definition) is 4. The van der Waals surface area contributed by atoms with Crippen molar-refractivity contribution in [3.8, 4) is 0 Å². The third-order valence-electron chi connectivity index (χ3n) is 12.8. The fourth-order valence-corrected chi connectivity index (χ4v) is 11.7. The summed E-state index contributed by atoms with van der Waals surface area (Å²) in [6.45, 7) is 7.00. The number of nitrogens with one attached hydrogen (secondary N) is 1. The normalized spacial score (nSPS) is 47.9. The van der Waals surface area contributed by atoms with Gasteiger partial charge in [0.15, 0.2) is 0 Å². The van der Waals surface area contributed by atoms with Crippen molar-refractivity contribution < 1.29 is 28.0 Å². The van der Waals surface area contributed by atoms with Crippen LogP contribution in [0.25, 0.3) is 0 Å². The number of aliphatic hydroxyl groups is 2. The minimum Gasteiger partial charge on any atom is -0.393 e. The van der Waals surface area contributed by atoms with E-state index in [0.29, 0.717) is 54.8 Å². The molecule has 0 aromatic rings. The van der Waals surface area contributed by atoms with Crippen molar-refractivity contribution >= 4 is 16.0 Å². The van der Waals surface area contributed by atoms with Gasteiger partial charge in [0.05, 0.1) is 12.2 Å². The van der Waals surface area contributed by atoms with E-state index in [1.807, 2.05) is 0 Å². The number of carbonyl (C=O) groups is 1. The van der Waals surface area contributed by atoms with Gasteiger partial charge in [-0.3, -0.25) is 9.35 Å². The van der Waals surface area contributed by atoms with E-state index in [1.165, 1.54) is 12.8 Å². The first-order valence-corrected chi connectivity index (χ1v) is 17.0. The van der Waals surface area contributed by atoms with Crippen molar-refractivity contribution in [2.75, 3.05) is 0 Å². The van der Waals surface area contributed by atoms with E-state index in [1.54, 1.807) is 0 Å². The van der Waals surface area contributed by atoms with E-state index in [-0.39, 0.29) is 28.9 Å². The third kappa shape index (κ3) is 4.98. The van der Waals surface area contributed by atoms with E-state index in [4.69, 9.17) is 0 Å². The monoisotopic (exact) mass is 553 g/mol. The second-order valence-electron chi connectivity index (χ2n) is 14.4. The zero-order chi connectivity index (χ0) is 27.5. The summed E-state index contributed by atoms with van der Waals surface area (Å²) in [6.07, 6.45) is 11.6. The van der Waals surface area contributed by atoms with Crippen LogP contribution in [-0.2, 0) is 14.9 Å². The fourth-order valence-electron chi connectivity index (χ4n) is 10.6. The molecule has 0 unspecified atom stereocenters. The number of hydrogen-bond acceptors (Lipinski definition) is 5. The van der Waals surface area contributed by atoms with E-state index in [9.17, 15) is 28.0 Å². The van der Waals surface area contributed by atoms with Crippen LogP contribution >= 0.6 is 0 Å². The van der Waals surface area contributed by atoms with Crippen LogP contribution in [0.4, 0.5) is 0 Å². The van der Waals surface area contributed by atoms with Gasteiger partial charge in [-0.2, -0.15) is 8.42 Å². The molecule has 0 radical (unpaired) electrons. The summed E-state index contributed by atoms with van der Waals surface area (Å²) in [5.74, 6) is 2.80. The minimum absolute atomic E-state index is 0.131. The highest BCUT2D eigenvalue weighted by molar-refractivity contribution is 7.86. The lowest BCUT2D eigenvalue weighted by molar-refractivity contribution is -0.175. The topological polar surface area (TPSA) is 124 Å². The van der Waals surface area contributed by atoms with Gasteiger partial charge in [-0.1, -0.05) is 33.6 Å². The first-order valence-electron chi connectivity index (χ1n) is 15.5. The molecule has 218 valence electrons. The van der Waals surface area contributed by atoms with E-state index in [0.717, 1.165) is 57.8 Å². The first-order chi connectivity index (χ1) is 17.9. The summed E-state index contributed by atoms with van der Waals surface area (Å²) < 4.78 is 33.2. The average molecular weight is 554 g/mol. The molecular weight excluding hydrogens is 502 g/mol. The zero-order valence-electron chi connectivity index (χ0n) is 23.6. The van der Waals surface area contributed by atoms with Gasteiger partial charge >= 0.3 is 0 Å². The van der Waals surface area contributed by atoms with Gasteiger partial charge in [-0.15, -0.1) is 0 Å². The van der Waals surface area contributed by atoms with Crippen LogP contribution in [0.5, 0.6) is 0 Å². The van der Waals surface area contributed by atoms with Gasteiger partial charge in [0.25, 0.3) is 10.1 Å². The number of carbonyl (C=O) groups excluding carboxylic acids is 1. The fraction of sp³-hybridized carbons (Fsp3) is 0.967. The average Bonchev–Trinajstić information content (AvgIpc) is 3.22. The summed E-state index contributed by atoms with van der Waals surface area (Å²) in [4.78, 5) is 12.9. The second-order valence-corrected chi connectivity index (χ2v) is 16.0. The quantitative estimate of drug-likeness (QED) is 0.353. The molecule has 5 fully saturated rings. The largest absolute Gasteiger partial charge is 0.393 e. The van der Waals surface area contributed by atoms with Crippen molar-refractivity contribution in [2.24, 2.45) is 46.3 Å². The highest BCUT2D eigenvalue weighted by Gasteiger charge is 2.63. The van der Waals surface area contributed by atoms with Gasteiger partial charge in [0.1, 0.15) is 5.25 Å². The maximum absolute atomic E-state index is 12.9. The van der Waals surface area contributed by atoms with Crippen molar-refractivity contribution in [3.05, 3.63) is 0 Å². The lowest BCUT2D eigenvalue weighted by Crippen LogP contribution is -2.58. The van der Waals surface area contributed by atoms with Crippen LogP contribution in [0.3, 0.4) is 0 Å². The number of rotatable bonds is 6. The Balaban J connectivity index is 1.22. The summed E-state index contributed by atoms with van der Waals surface area (Å²) >= 11 is 0. The van der Waals surface area contributed by atoms with Crippen LogP contribution in [-0.4, -0.2) is 52.6 Å². The molecule has 8 heteroatoms. The molecule has 38 heavy (non-hydrogen) atoms. The Bertz CT molecular complexity index is 987. The molecule has 0 heterocycles. The van der Waals surface area contributed by atoms with E-state index < -0.39 is 21.4 Å². The lowest BCUT2D eigenvalue weighted by atomic mass is 9.43. The molecule has 5 aliphatic carbocycles. The molecule has 1 amide bonds. The predicted molar refractivity (Wildman–Crippen MR) is 147 cm³/mol. The summed E-state index contributed by atoms with van der Waals surface area (Å²) in [7, 11) is -4.17. The van der Waals surface area contributed by atoms with Crippen molar-refractivity contribution in [1.29, 1.82) is 0 Å². The van der Waals surface area contributed by atoms with Crippen molar-refractivity contribution in [3.63, 3.8) is 0 Å². The Morgan fingerprint density at radius 3 is 2.45 bits per heavy atom. The molecular formula is C30H51NO6S. The van der Waals surface area contributed by atoms with Gasteiger partial charge in [-0.05, 0) is 117 Å². The van der Waals surface area contributed by atoms with Crippen LogP contribution in [0.15, 0.2) is 0 Å². The molecule has 5 rings (SSSR count). The summed E-state index contributed by atoms with van der Waals surface area (Å²) in [6, 6.07) is -0.510. The number of amides is 1. The Morgan fingerprint density at radius 1 is 0.974 bits per heavy atom. The van der Waals surface area contributed by atoms with Crippen molar-refractivity contribution in [1.82, 2.24) is 5.32 Å². The van der Waals surface area contributed by atoms with E-state index >= 15 is 0 Å². The summed E-state index contributed by atoms with van der Waals surface area (Å²) in [5.41, 5.74) is 0.0964. The standard InChI is InChI=1S/C30H51NO6S/c1-18(8-13-28(34)31-25-6-4-5-7-26(25)38(35,36)37)22-11-12-23-21-10-9-19-16-20(32)14-15-29(19,2)24(21)17-27(33)30(22,23)3/h18-27,32-33H,4-17H2,1-3H3,(H,31,34)(H,35,36,37)/t18-,19-,20-,21+,22-,23+,24+,25+,26-,27+,29+,30-/m1/s1. The second kappa shape index (κ2) is 10.6. The predicted octanol–water partition coefficient (Wildman–Crippen LogP) is 4.71. The molecule has 7 nitrogen and oxygen atoms in total. The highest BCUT2D eigenvalue weighted by atomic mass is 32.2. The molecule has 0 aromatic carbocycles. The van der Waals surface area contributed by atoms with Crippen molar-refractivity contribution in [2.45, 2.75) is 134 Å². The molecule has 12 atom stereocenters. The van der Waals surface area contributed by atoms with Crippen LogP contribution < -0.4 is 5.32 Å². The first kappa shape index (κ1) is 28.8. The molecule has 0 spiro atoms. The Labute approximate surface area is 229 Å². The van der Waals surface area contributed by atoms with Gasteiger partial charge in [-0.25, -0.2) is 0 Å². The minimum atomic E-state index is -4.17. The molecule has 0 saturated heterocycles. The third-order valence-corrected chi connectivity index (χ3v) is 14.1. The Hall–Kier alpha value is -0.700. The number of aliphatic hydroxyl groups excluding tert-OH is 2. The smallest absolute Gasteiger partial charge is 0.269 e. The Kier molecular flexibility index (Phi) is 8.04. The molecule has 5 saturated carbocycles. The molecule has 4 N–H and O–H groups in total. The van der Waals surface area contributed by atoms with Gasteiger partial charge in [0, 0.05) is 12.5 Å².